The molecule has 0 aliphatic carbocycles. The number of fused-ring (bicyclic) bond motifs is 2. The number of hydrogen-bond donors (Lipinski definition) is 4. The van der Waals surface area contributed by atoms with Crippen molar-refractivity contribution >= 4 is 17.8 Å². The monoisotopic (exact) mass is 749 g/mol. The molecule has 3 aliphatic rings. The third-order valence-electron chi connectivity index (χ3n) is 11.2. The molecule has 0 aromatic carbocycles. The summed E-state index contributed by atoms with van der Waals surface area (Å²) in [5.41, 5.74) is 7.13. The van der Waals surface area contributed by atoms with E-state index in [1.807, 2.05) is 46.8 Å². The number of rotatable bonds is 10. The summed E-state index contributed by atoms with van der Waals surface area (Å²) >= 11 is 0. The number of amides is 1. The van der Waals surface area contributed by atoms with Gasteiger partial charge < -0.3 is 44.7 Å². The zero-order valence-electron chi connectivity index (χ0n) is 33.4. The van der Waals surface area contributed by atoms with Crippen molar-refractivity contribution in [2.45, 2.75) is 175 Å². The lowest BCUT2D eigenvalue weighted by molar-refractivity contribution is -0.254. The first-order valence-corrected chi connectivity index (χ1v) is 19.6. The van der Waals surface area contributed by atoms with E-state index in [1.54, 1.807) is 20.8 Å². The van der Waals surface area contributed by atoms with Crippen LogP contribution in [0.4, 0.5) is 4.79 Å². The smallest absolute Gasteiger partial charge is 0.404 e. The fourth-order valence-electron chi connectivity index (χ4n) is 8.07. The first-order valence-electron chi connectivity index (χ1n) is 19.6. The SMILES string of the molecule is CCC(=O)[C@@H](C)[C@@H](O)[C@H](C)C[C@@H](C)[C@H]1OC(=O)C[C@@]2(O)CC=C(C)[C@H](O2)/C(C)=C/CCC[C@@H](O[C@H]2C[C@@H](OC(N)=O)[C@H](O)[C@@H](C)O2)/C=C/[C@H](C)C[C@H]1C. The maximum atomic E-state index is 13.6. The molecule has 1 amide bonds. The van der Waals surface area contributed by atoms with Crippen LogP contribution < -0.4 is 5.73 Å². The van der Waals surface area contributed by atoms with Crippen molar-refractivity contribution in [1.29, 1.82) is 0 Å². The van der Waals surface area contributed by atoms with Gasteiger partial charge in [0.2, 0.25) is 0 Å². The molecule has 5 N–H and O–H groups in total. The van der Waals surface area contributed by atoms with E-state index in [9.17, 15) is 29.7 Å². The molecule has 0 aromatic rings. The lowest BCUT2D eigenvalue weighted by Gasteiger charge is -2.38. The number of ketones is 1. The quantitative estimate of drug-likeness (QED) is 0.151. The largest absolute Gasteiger partial charge is 0.462 e. The van der Waals surface area contributed by atoms with Gasteiger partial charge in [0.25, 0.3) is 0 Å². The molecule has 53 heavy (non-hydrogen) atoms. The van der Waals surface area contributed by atoms with Gasteiger partial charge in [-0.1, -0.05) is 65.8 Å². The molecule has 3 aliphatic heterocycles. The highest BCUT2D eigenvalue weighted by Crippen LogP contribution is 2.35. The molecule has 3 rings (SSSR count). The number of carbonyl (C=O) groups excluding carboxylic acids is 3. The van der Waals surface area contributed by atoms with Gasteiger partial charge in [-0.05, 0) is 87.7 Å². The standard InChI is InChI=1S/C41H67NO11/c1-10-32(43)29(8)36(45)26(5)20-28(7)38-27(6)19-23(2)15-16-31(50-35-21-33(51-40(42)47)37(46)30(9)49-35)14-12-11-13-24(3)39-25(4)17-18-41(48,53-39)22-34(44)52-38/h13,15-17,23,26-31,33,35-39,45-46,48H,10-12,14,18-22H2,1-9H3,(H2,42,47)/b16-15+,24-13+/t23-,26+,27+,28+,29+,30+,31+,33+,35-,36-,37+,38-,39+,41+/m0/s1. The number of aliphatic hydroxyl groups excluding tert-OH is 2. The number of allylic oxidation sites excluding steroid dienone is 2. The Balaban J connectivity index is 1.90. The van der Waals surface area contributed by atoms with E-state index in [4.69, 9.17) is 29.4 Å². The van der Waals surface area contributed by atoms with E-state index in [2.05, 4.69) is 19.1 Å². The molecule has 3 heterocycles. The van der Waals surface area contributed by atoms with E-state index in [-0.39, 0.29) is 54.8 Å². The fourth-order valence-corrected chi connectivity index (χ4v) is 8.07. The van der Waals surface area contributed by atoms with Gasteiger partial charge in [0.05, 0.1) is 24.7 Å². The molecule has 0 spiro atoms. The van der Waals surface area contributed by atoms with Gasteiger partial charge in [0.1, 0.15) is 30.2 Å². The average Bonchev–Trinajstić information content (AvgIpc) is 3.09. The maximum Gasteiger partial charge on any atom is 0.404 e. The van der Waals surface area contributed by atoms with Crippen LogP contribution in [-0.4, -0.2) is 88.0 Å². The van der Waals surface area contributed by atoms with Crippen LogP contribution in [0.15, 0.2) is 35.5 Å². The second-order valence-corrected chi connectivity index (χ2v) is 16.1. The molecule has 0 aromatic heterocycles. The van der Waals surface area contributed by atoms with E-state index in [0.29, 0.717) is 32.1 Å². The topological polar surface area (TPSA) is 184 Å². The van der Waals surface area contributed by atoms with Crippen molar-refractivity contribution in [3.05, 3.63) is 35.5 Å². The molecule has 0 unspecified atom stereocenters. The van der Waals surface area contributed by atoms with Crippen molar-refractivity contribution in [2.75, 3.05) is 0 Å². The number of primary amides is 1. The van der Waals surface area contributed by atoms with Gasteiger partial charge in [0.15, 0.2) is 12.1 Å². The van der Waals surface area contributed by atoms with Crippen LogP contribution in [0.2, 0.25) is 0 Å². The van der Waals surface area contributed by atoms with Gasteiger partial charge in [-0.2, -0.15) is 0 Å². The minimum atomic E-state index is -1.73. The summed E-state index contributed by atoms with van der Waals surface area (Å²) in [6.07, 6.45) is 5.26. The Kier molecular flexibility index (Phi) is 17.2. The van der Waals surface area contributed by atoms with Crippen LogP contribution in [0.1, 0.15) is 120 Å². The zero-order valence-corrected chi connectivity index (χ0v) is 33.4. The average molecular weight is 750 g/mol. The molecule has 14 atom stereocenters. The van der Waals surface area contributed by atoms with Crippen molar-refractivity contribution in [3.8, 4) is 0 Å². The number of ether oxygens (including phenoxy) is 5. The van der Waals surface area contributed by atoms with E-state index in [1.165, 1.54) is 0 Å². The predicted octanol–water partition coefficient (Wildman–Crippen LogP) is 6.04. The normalized spacial score (nSPS) is 37.6. The molecule has 12 nitrogen and oxygen atoms in total. The van der Waals surface area contributed by atoms with Crippen molar-refractivity contribution in [2.24, 2.45) is 35.3 Å². The highest BCUT2D eigenvalue weighted by molar-refractivity contribution is 5.80. The van der Waals surface area contributed by atoms with E-state index >= 15 is 0 Å². The van der Waals surface area contributed by atoms with Crippen LogP contribution in [0, 0.1) is 29.6 Å². The first kappa shape index (κ1) is 44.8. The van der Waals surface area contributed by atoms with Gasteiger partial charge in [-0.25, -0.2) is 4.79 Å². The Morgan fingerprint density at radius 2 is 1.75 bits per heavy atom. The van der Waals surface area contributed by atoms with Gasteiger partial charge >= 0.3 is 12.1 Å². The number of cyclic esters (lactones) is 1. The molecule has 0 saturated carbocycles. The van der Waals surface area contributed by atoms with Crippen molar-refractivity contribution < 1.29 is 53.4 Å². The molecule has 302 valence electrons. The highest BCUT2D eigenvalue weighted by Gasteiger charge is 2.41. The number of esters is 1. The molecule has 1 saturated heterocycles. The van der Waals surface area contributed by atoms with Crippen LogP contribution in [0.3, 0.4) is 0 Å². The van der Waals surface area contributed by atoms with Crippen LogP contribution >= 0.6 is 0 Å². The molecule has 0 radical (unpaired) electrons. The lowest BCUT2D eigenvalue weighted by Crippen LogP contribution is -2.50. The number of hydrogen-bond acceptors (Lipinski definition) is 11. The maximum absolute atomic E-state index is 13.6. The molecular weight excluding hydrogens is 682 g/mol. The molecular formula is C41H67NO11. The number of Topliss-reactive ketones (excluding diaryl/α,β-unsaturated/α-hetero) is 1. The Labute approximate surface area is 316 Å². The Hall–Kier alpha value is -2.61. The Morgan fingerprint density at radius 1 is 1.08 bits per heavy atom. The second-order valence-electron chi connectivity index (χ2n) is 16.1. The van der Waals surface area contributed by atoms with Gasteiger partial charge in [-0.15, -0.1) is 0 Å². The summed E-state index contributed by atoms with van der Waals surface area (Å²) in [4.78, 5) is 37.5. The van der Waals surface area contributed by atoms with E-state index < -0.39 is 66.7 Å². The van der Waals surface area contributed by atoms with Gasteiger partial charge in [0, 0.05) is 25.2 Å². The second kappa shape index (κ2) is 20.3. The highest BCUT2D eigenvalue weighted by atomic mass is 16.7. The minimum Gasteiger partial charge on any atom is -0.462 e. The van der Waals surface area contributed by atoms with Crippen LogP contribution in [-0.2, 0) is 33.3 Å². The number of nitrogens with two attached hydrogens (primary N) is 1. The third kappa shape index (κ3) is 13.3. The summed E-state index contributed by atoms with van der Waals surface area (Å²) < 4.78 is 30.0. The molecule has 2 bridgehead atoms. The molecule has 12 heteroatoms. The third-order valence-corrected chi connectivity index (χ3v) is 11.2. The fraction of sp³-hybridized carbons (Fsp3) is 0.780. The zero-order chi connectivity index (χ0) is 39.6. The minimum absolute atomic E-state index is 0.00488. The summed E-state index contributed by atoms with van der Waals surface area (Å²) in [5, 5.41) is 33.1. The summed E-state index contributed by atoms with van der Waals surface area (Å²) in [5.74, 6) is -3.23. The van der Waals surface area contributed by atoms with Crippen molar-refractivity contribution in [1.82, 2.24) is 0 Å². The van der Waals surface area contributed by atoms with Crippen LogP contribution in [0.25, 0.3) is 0 Å². The lowest BCUT2D eigenvalue weighted by atomic mass is 9.79. The summed E-state index contributed by atoms with van der Waals surface area (Å²) in [7, 11) is 0. The van der Waals surface area contributed by atoms with Gasteiger partial charge in [-0.3, -0.25) is 9.59 Å². The molecule has 1 fully saturated rings. The Morgan fingerprint density at radius 3 is 2.42 bits per heavy atom. The number of carbonyl (C=O) groups is 3. The Bertz CT molecular complexity index is 1310. The van der Waals surface area contributed by atoms with E-state index in [0.717, 1.165) is 17.6 Å². The number of aliphatic hydroxyl groups is 3. The summed E-state index contributed by atoms with van der Waals surface area (Å²) in [6.45, 7) is 17.2. The van der Waals surface area contributed by atoms with Crippen LogP contribution in [0.5, 0.6) is 0 Å². The predicted molar refractivity (Wildman–Crippen MR) is 200 cm³/mol. The first-order chi connectivity index (χ1) is 24.8. The van der Waals surface area contributed by atoms with Crippen molar-refractivity contribution in [3.63, 3.8) is 0 Å². The summed E-state index contributed by atoms with van der Waals surface area (Å²) in [6, 6.07) is 0.